The Kier molecular flexibility index (Phi) is 5.98. The van der Waals surface area contributed by atoms with Gasteiger partial charge in [-0.25, -0.2) is 0 Å². The van der Waals surface area contributed by atoms with Crippen molar-refractivity contribution in [1.82, 2.24) is 4.90 Å². The van der Waals surface area contributed by atoms with Crippen molar-refractivity contribution in [1.29, 1.82) is 0 Å². The number of rotatable bonds is 5. The number of carboxylic acids is 1. The Balaban J connectivity index is 1.98. The normalized spacial score (nSPS) is 18.3. The summed E-state index contributed by atoms with van der Waals surface area (Å²) in [5, 5.41) is 8.93. The van der Waals surface area contributed by atoms with Gasteiger partial charge in [-0.1, -0.05) is 12.1 Å². The number of carbonyl (C=O) groups excluding carboxylic acids is 1. The van der Waals surface area contributed by atoms with E-state index in [2.05, 4.69) is 4.74 Å². The Morgan fingerprint density at radius 1 is 1.29 bits per heavy atom. The predicted molar refractivity (Wildman–Crippen MR) is 81.9 cm³/mol. The van der Waals surface area contributed by atoms with Crippen molar-refractivity contribution in [2.24, 2.45) is 0 Å². The molecule has 1 amide bonds. The summed E-state index contributed by atoms with van der Waals surface area (Å²) in [6, 6.07) is 4.73. The topological polar surface area (TPSA) is 66.8 Å². The molecule has 2 rings (SSSR count). The summed E-state index contributed by atoms with van der Waals surface area (Å²) in [5.74, 6) is -0.242. The lowest BCUT2D eigenvalue weighted by molar-refractivity contribution is -0.274. The molecule has 1 saturated heterocycles. The van der Waals surface area contributed by atoms with Gasteiger partial charge < -0.3 is 14.7 Å². The summed E-state index contributed by atoms with van der Waals surface area (Å²) >= 11 is 1.60. The third-order valence-corrected chi connectivity index (χ3v) is 4.56. The number of ether oxygens (including phenoxy) is 1. The number of hydrogen-bond acceptors (Lipinski definition) is 4. The van der Waals surface area contributed by atoms with Crippen LogP contribution in [0.4, 0.5) is 13.2 Å². The molecule has 9 heteroatoms. The van der Waals surface area contributed by atoms with Gasteiger partial charge in [0.2, 0.25) is 5.91 Å². The number of amides is 1. The van der Waals surface area contributed by atoms with Gasteiger partial charge in [-0.3, -0.25) is 9.59 Å². The predicted octanol–water partition coefficient (Wildman–Crippen LogP) is 2.55. The van der Waals surface area contributed by atoms with E-state index in [9.17, 15) is 22.8 Å². The summed E-state index contributed by atoms with van der Waals surface area (Å²) in [7, 11) is 0. The van der Waals surface area contributed by atoms with Crippen molar-refractivity contribution in [2.75, 3.05) is 18.1 Å². The number of hydrogen-bond donors (Lipinski definition) is 1. The largest absolute Gasteiger partial charge is 0.573 e. The Morgan fingerprint density at radius 3 is 2.54 bits per heavy atom. The average Bonchev–Trinajstić information content (AvgIpc) is 2.47. The van der Waals surface area contributed by atoms with Gasteiger partial charge in [0, 0.05) is 18.1 Å². The van der Waals surface area contributed by atoms with Gasteiger partial charge in [-0.15, -0.1) is 13.2 Å². The number of nitrogens with zero attached hydrogens (tertiary/aromatic N) is 1. The van der Waals surface area contributed by atoms with Crippen LogP contribution in [0.25, 0.3) is 0 Å². The number of carboxylic acid groups (broad SMARTS) is 1. The number of benzene rings is 1. The molecule has 0 spiro atoms. The fraction of sp³-hybridized carbons (Fsp3) is 0.467. The smallest absolute Gasteiger partial charge is 0.481 e. The SMILES string of the molecule is O=C(O)CC1CSCCN1C(=O)Cc1ccc(OC(F)(F)F)cc1. The lowest BCUT2D eigenvalue weighted by Crippen LogP contribution is -2.47. The number of alkyl halides is 3. The highest BCUT2D eigenvalue weighted by Crippen LogP contribution is 2.24. The van der Waals surface area contributed by atoms with Crippen molar-refractivity contribution in [2.45, 2.75) is 25.2 Å². The van der Waals surface area contributed by atoms with E-state index in [1.807, 2.05) is 0 Å². The molecule has 0 saturated carbocycles. The van der Waals surface area contributed by atoms with Gasteiger partial charge in [0.1, 0.15) is 5.75 Å². The van der Waals surface area contributed by atoms with Gasteiger partial charge in [0.05, 0.1) is 18.9 Å². The lowest BCUT2D eigenvalue weighted by atomic mass is 10.1. The second-order valence-corrected chi connectivity index (χ2v) is 6.43. The summed E-state index contributed by atoms with van der Waals surface area (Å²) in [4.78, 5) is 24.8. The van der Waals surface area contributed by atoms with Crippen LogP contribution in [0.15, 0.2) is 24.3 Å². The first kappa shape index (κ1) is 18.4. The van der Waals surface area contributed by atoms with Crippen LogP contribution in [0.1, 0.15) is 12.0 Å². The molecule has 5 nitrogen and oxygen atoms in total. The highest BCUT2D eigenvalue weighted by Gasteiger charge is 2.31. The molecule has 1 heterocycles. The van der Waals surface area contributed by atoms with E-state index < -0.39 is 12.3 Å². The van der Waals surface area contributed by atoms with Crippen molar-refractivity contribution < 1.29 is 32.6 Å². The Labute approximate surface area is 140 Å². The molecule has 0 bridgehead atoms. The molecule has 1 aromatic rings. The zero-order valence-electron chi connectivity index (χ0n) is 12.6. The molecule has 1 atom stereocenters. The minimum atomic E-state index is -4.76. The summed E-state index contributed by atoms with van der Waals surface area (Å²) in [6.07, 6.45) is -4.86. The van der Waals surface area contributed by atoms with Crippen LogP contribution in [-0.4, -0.2) is 52.3 Å². The molecular weight excluding hydrogens is 347 g/mol. The van der Waals surface area contributed by atoms with Crippen molar-refractivity contribution in [3.8, 4) is 5.75 Å². The van der Waals surface area contributed by atoms with E-state index in [0.29, 0.717) is 17.9 Å². The van der Waals surface area contributed by atoms with Crippen molar-refractivity contribution in [3.63, 3.8) is 0 Å². The third kappa shape index (κ3) is 5.63. The minimum absolute atomic E-state index is 0.00703. The molecule has 0 aromatic heterocycles. The summed E-state index contributed by atoms with van der Waals surface area (Å²) < 4.78 is 40.1. The molecule has 1 aliphatic rings. The van der Waals surface area contributed by atoms with Gasteiger partial charge in [0.15, 0.2) is 0 Å². The standard InChI is InChI=1S/C15H16F3NO4S/c16-15(17,18)23-12-3-1-10(2-4-12)7-13(20)19-5-6-24-9-11(19)8-14(21)22/h1-4,11H,5-9H2,(H,21,22). The number of halogens is 3. The van der Waals surface area contributed by atoms with E-state index in [-0.39, 0.29) is 30.5 Å². The van der Waals surface area contributed by atoms with E-state index in [1.54, 1.807) is 16.7 Å². The number of thioether (sulfide) groups is 1. The molecule has 1 aromatic carbocycles. The van der Waals surface area contributed by atoms with Crippen LogP contribution in [-0.2, 0) is 16.0 Å². The Morgan fingerprint density at radius 2 is 1.96 bits per heavy atom. The average molecular weight is 363 g/mol. The molecule has 132 valence electrons. The Bertz CT molecular complexity index is 591. The zero-order chi connectivity index (χ0) is 17.7. The van der Waals surface area contributed by atoms with Crippen molar-refractivity contribution >= 4 is 23.6 Å². The van der Waals surface area contributed by atoms with Crippen LogP contribution in [0.5, 0.6) is 5.75 Å². The molecule has 0 aliphatic carbocycles. The maximum atomic E-state index is 12.4. The molecule has 0 radical (unpaired) electrons. The van der Waals surface area contributed by atoms with Crippen LogP contribution in [0.2, 0.25) is 0 Å². The minimum Gasteiger partial charge on any atom is -0.481 e. The van der Waals surface area contributed by atoms with E-state index >= 15 is 0 Å². The van der Waals surface area contributed by atoms with Crippen LogP contribution >= 0.6 is 11.8 Å². The van der Waals surface area contributed by atoms with E-state index in [1.165, 1.54) is 12.1 Å². The van der Waals surface area contributed by atoms with Crippen LogP contribution in [0, 0.1) is 0 Å². The monoisotopic (exact) mass is 363 g/mol. The number of aliphatic carboxylic acids is 1. The fourth-order valence-electron chi connectivity index (χ4n) is 2.44. The quantitative estimate of drug-likeness (QED) is 0.871. The molecule has 1 fully saturated rings. The Hall–Kier alpha value is -1.90. The maximum absolute atomic E-state index is 12.4. The van der Waals surface area contributed by atoms with Crippen LogP contribution in [0.3, 0.4) is 0 Å². The van der Waals surface area contributed by atoms with E-state index in [0.717, 1.165) is 17.9 Å². The van der Waals surface area contributed by atoms with Gasteiger partial charge in [-0.05, 0) is 17.7 Å². The molecule has 1 N–H and O–H groups in total. The van der Waals surface area contributed by atoms with Gasteiger partial charge >= 0.3 is 12.3 Å². The van der Waals surface area contributed by atoms with Crippen molar-refractivity contribution in [3.05, 3.63) is 29.8 Å². The van der Waals surface area contributed by atoms with Gasteiger partial charge in [0.25, 0.3) is 0 Å². The second-order valence-electron chi connectivity index (χ2n) is 5.28. The molecule has 1 unspecified atom stereocenters. The zero-order valence-corrected chi connectivity index (χ0v) is 13.4. The molecule has 1 aliphatic heterocycles. The summed E-state index contributed by atoms with van der Waals surface area (Å²) in [6.45, 7) is 0.469. The first-order valence-corrected chi connectivity index (χ1v) is 8.34. The lowest BCUT2D eigenvalue weighted by Gasteiger charge is -2.34. The second kappa shape index (κ2) is 7.78. The van der Waals surface area contributed by atoms with E-state index in [4.69, 9.17) is 5.11 Å². The molecular formula is C15H16F3NO4S. The first-order chi connectivity index (χ1) is 11.2. The number of carbonyl (C=O) groups is 2. The van der Waals surface area contributed by atoms with Gasteiger partial charge in [-0.2, -0.15) is 11.8 Å². The first-order valence-electron chi connectivity index (χ1n) is 7.18. The molecule has 24 heavy (non-hydrogen) atoms. The highest BCUT2D eigenvalue weighted by atomic mass is 32.2. The maximum Gasteiger partial charge on any atom is 0.573 e. The highest BCUT2D eigenvalue weighted by molar-refractivity contribution is 7.99. The summed E-state index contributed by atoms with van der Waals surface area (Å²) in [5.41, 5.74) is 0.543. The van der Waals surface area contributed by atoms with Crippen LogP contribution < -0.4 is 4.74 Å². The fourth-order valence-corrected chi connectivity index (χ4v) is 3.50. The third-order valence-electron chi connectivity index (χ3n) is 3.47.